The van der Waals surface area contributed by atoms with E-state index in [1.54, 1.807) is 36.1 Å². The molecule has 0 saturated carbocycles. The van der Waals surface area contributed by atoms with Crippen LogP contribution in [0.1, 0.15) is 21.7 Å². The fourth-order valence-corrected chi connectivity index (χ4v) is 2.57. The first-order valence-electron chi connectivity index (χ1n) is 7.22. The molecule has 1 N–H and O–H groups in total. The number of halogens is 2. The highest BCUT2D eigenvalue weighted by Crippen LogP contribution is 2.18. The summed E-state index contributed by atoms with van der Waals surface area (Å²) in [5.41, 5.74) is 1.95. The Labute approximate surface area is 142 Å². The lowest BCUT2D eigenvalue weighted by Gasteiger charge is -2.05. The van der Waals surface area contributed by atoms with E-state index in [-0.39, 0.29) is 11.7 Å². The van der Waals surface area contributed by atoms with Gasteiger partial charge >= 0.3 is 0 Å². The van der Waals surface area contributed by atoms with Gasteiger partial charge in [0.25, 0.3) is 5.91 Å². The van der Waals surface area contributed by atoms with Crippen LogP contribution in [0.2, 0.25) is 5.02 Å². The molecule has 2 heterocycles. The van der Waals surface area contributed by atoms with Gasteiger partial charge in [0.1, 0.15) is 11.5 Å². The zero-order chi connectivity index (χ0) is 17.3. The highest BCUT2D eigenvalue weighted by atomic mass is 35.5. The summed E-state index contributed by atoms with van der Waals surface area (Å²) >= 11 is 6.01. The molecule has 0 radical (unpaired) electrons. The fraction of sp³-hybridized carbons (Fsp3) is 0.188. The summed E-state index contributed by atoms with van der Waals surface area (Å²) in [5, 5.41) is 11.5. The molecule has 2 aromatic heterocycles. The van der Waals surface area contributed by atoms with Gasteiger partial charge in [0.15, 0.2) is 5.82 Å². The topological polar surface area (TPSA) is 64.7 Å². The number of aromatic nitrogens is 4. The molecule has 0 aliphatic heterocycles. The molecule has 0 spiro atoms. The van der Waals surface area contributed by atoms with Crippen LogP contribution in [0, 0.1) is 12.7 Å². The Morgan fingerprint density at radius 1 is 1.29 bits per heavy atom. The third-order valence-electron chi connectivity index (χ3n) is 3.46. The van der Waals surface area contributed by atoms with Crippen molar-refractivity contribution in [2.75, 3.05) is 5.32 Å². The predicted molar refractivity (Wildman–Crippen MR) is 88.6 cm³/mol. The van der Waals surface area contributed by atoms with Gasteiger partial charge in [-0.15, -0.1) is 0 Å². The van der Waals surface area contributed by atoms with Crippen molar-refractivity contribution in [3.05, 3.63) is 64.3 Å². The number of anilines is 1. The Morgan fingerprint density at radius 2 is 2.08 bits per heavy atom. The highest BCUT2D eigenvalue weighted by molar-refractivity contribution is 6.31. The summed E-state index contributed by atoms with van der Waals surface area (Å²) in [5.74, 6) is -0.260. The number of carbonyl (C=O) groups excluding carboxylic acids is 1. The number of benzene rings is 1. The molecular formula is C16H15ClFN5O. The molecule has 0 aliphatic rings. The Bertz CT molecular complexity index is 902. The molecule has 0 unspecified atom stereocenters. The van der Waals surface area contributed by atoms with Crippen LogP contribution in [-0.4, -0.2) is 25.5 Å². The highest BCUT2D eigenvalue weighted by Gasteiger charge is 2.13. The van der Waals surface area contributed by atoms with Crippen molar-refractivity contribution in [3.63, 3.8) is 0 Å². The monoisotopic (exact) mass is 347 g/mol. The van der Waals surface area contributed by atoms with Gasteiger partial charge in [-0.05, 0) is 30.7 Å². The average Bonchev–Trinajstić information content (AvgIpc) is 3.08. The smallest absolute Gasteiger partial charge is 0.275 e. The molecule has 24 heavy (non-hydrogen) atoms. The number of rotatable bonds is 4. The SMILES string of the molecule is Cc1cc(C(=O)Nc2ccn(Cc3ccc(F)cc3Cl)n2)n(C)n1. The van der Waals surface area contributed by atoms with E-state index in [0.29, 0.717) is 23.1 Å². The Hall–Kier alpha value is -2.67. The molecule has 3 aromatic rings. The summed E-state index contributed by atoms with van der Waals surface area (Å²) in [7, 11) is 1.71. The lowest BCUT2D eigenvalue weighted by molar-refractivity contribution is 0.101. The maximum atomic E-state index is 13.1. The van der Waals surface area contributed by atoms with E-state index in [2.05, 4.69) is 15.5 Å². The molecular weight excluding hydrogens is 333 g/mol. The van der Waals surface area contributed by atoms with Crippen LogP contribution in [-0.2, 0) is 13.6 Å². The Morgan fingerprint density at radius 3 is 2.75 bits per heavy atom. The van der Waals surface area contributed by atoms with E-state index in [1.807, 2.05) is 6.92 Å². The zero-order valence-electron chi connectivity index (χ0n) is 13.1. The van der Waals surface area contributed by atoms with E-state index in [4.69, 9.17) is 11.6 Å². The van der Waals surface area contributed by atoms with Crippen molar-refractivity contribution < 1.29 is 9.18 Å². The van der Waals surface area contributed by atoms with Crippen LogP contribution in [0.4, 0.5) is 10.2 Å². The number of carbonyl (C=O) groups is 1. The van der Waals surface area contributed by atoms with Crippen LogP contribution in [0.5, 0.6) is 0 Å². The largest absolute Gasteiger partial charge is 0.304 e. The first kappa shape index (κ1) is 16.2. The number of nitrogens with zero attached hydrogens (tertiary/aromatic N) is 4. The van der Waals surface area contributed by atoms with Crippen LogP contribution < -0.4 is 5.32 Å². The number of hydrogen-bond acceptors (Lipinski definition) is 3. The Balaban J connectivity index is 1.71. The van der Waals surface area contributed by atoms with Crippen molar-refractivity contribution in [1.29, 1.82) is 0 Å². The molecule has 1 aromatic carbocycles. The molecule has 0 saturated heterocycles. The van der Waals surface area contributed by atoms with E-state index in [0.717, 1.165) is 11.3 Å². The summed E-state index contributed by atoms with van der Waals surface area (Å²) in [6.07, 6.45) is 1.71. The first-order chi connectivity index (χ1) is 11.4. The molecule has 0 aliphatic carbocycles. The second kappa shape index (κ2) is 6.45. The standard InChI is InChI=1S/C16H15ClFN5O/c1-10-7-14(22(2)20-10)16(24)19-15-5-6-23(21-15)9-11-3-4-12(18)8-13(11)17/h3-8H,9H2,1-2H3,(H,19,21,24). The van der Waals surface area contributed by atoms with Crippen molar-refractivity contribution in [1.82, 2.24) is 19.6 Å². The fourth-order valence-electron chi connectivity index (χ4n) is 2.34. The van der Waals surface area contributed by atoms with Crippen molar-refractivity contribution in [3.8, 4) is 0 Å². The van der Waals surface area contributed by atoms with Crippen molar-refractivity contribution in [2.45, 2.75) is 13.5 Å². The van der Waals surface area contributed by atoms with Crippen molar-refractivity contribution >= 4 is 23.3 Å². The van der Waals surface area contributed by atoms with Crippen LogP contribution >= 0.6 is 11.6 Å². The number of nitrogens with one attached hydrogen (secondary N) is 1. The first-order valence-corrected chi connectivity index (χ1v) is 7.59. The van der Waals surface area contributed by atoms with Gasteiger partial charge < -0.3 is 5.32 Å². The number of amides is 1. The van der Waals surface area contributed by atoms with Gasteiger partial charge in [0, 0.05) is 24.3 Å². The van der Waals surface area contributed by atoms with Crippen LogP contribution in [0.25, 0.3) is 0 Å². The number of hydrogen-bond donors (Lipinski definition) is 1. The summed E-state index contributed by atoms with van der Waals surface area (Å²) in [6, 6.07) is 7.59. The summed E-state index contributed by atoms with van der Waals surface area (Å²) in [4.78, 5) is 12.2. The van der Waals surface area contributed by atoms with Crippen LogP contribution in [0.3, 0.4) is 0 Å². The lowest BCUT2D eigenvalue weighted by atomic mass is 10.2. The minimum Gasteiger partial charge on any atom is -0.304 e. The van der Waals surface area contributed by atoms with Gasteiger partial charge in [0.05, 0.1) is 12.2 Å². The molecule has 6 nitrogen and oxygen atoms in total. The van der Waals surface area contributed by atoms with E-state index >= 15 is 0 Å². The average molecular weight is 348 g/mol. The van der Waals surface area contributed by atoms with E-state index < -0.39 is 0 Å². The quantitative estimate of drug-likeness (QED) is 0.789. The molecule has 0 fully saturated rings. The summed E-state index contributed by atoms with van der Waals surface area (Å²) in [6.45, 7) is 2.19. The minimum atomic E-state index is -0.386. The Kier molecular flexibility index (Phi) is 4.35. The second-order valence-electron chi connectivity index (χ2n) is 5.38. The zero-order valence-corrected chi connectivity index (χ0v) is 13.9. The van der Waals surface area contributed by atoms with Gasteiger partial charge in [-0.2, -0.15) is 10.2 Å². The molecule has 3 rings (SSSR count). The third-order valence-corrected chi connectivity index (χ3v) is 3.82. The molecule has 0 atom stereocenters. The maximum absolute atomic E-state index is 13.1. The summed E-state index contributed by atoms with van der Waals surface area (Å²) < 4.78 is 16.2. The van der Waals surface area contributed by atoms with Gasteiger partial charge in [-0.3, -0.25) is 14.2 Å². The molecule has 1 amide bonds. The van der Waals surface area contributed by atoms with Crippen molar-refractivity contribution in [2.24, 2.45) is 7.05 Å². The van der Waals surface area contributed by atoms with Crippen LogP contribution in [0.15, 0.2) is 36.5 Å². The molecule has 124 valence electrons. The number of aryl methyl sites for hydroxylation is 2. The van der Waals surface area contributed by atoms with Gasteiger partial charge in [0.2, 0.25) is 0 Å². The minimum absolute atomic E-state index is 0.289. The normalized spacial score (nSPS) is 10.8. The van der Waals surface area contributed by atoms with E-state index in [9.17, 15) is 9.18 Å². The predicted octanol–water partition coefficient (Wildman–Crippen LogP) is 3.02. The van der Waals surface area contributed by atoms with Gasteiger partial charge in [-0.25, -0.2) is 4.39 Å². The second-order valence-corrected chi connectivity index (χ2v) is 5.79. The third kappa shape index (κ3) is 3.46. The molecule has 8 heteroatoms. The molecule has 0 bridgehead atoms. The van der Waals surface area contributed by atoms with E-state index in [1.165, 1.54) is 16.8 Å². The van der Waals surface area contributed by atoms with Gasteiger partial charge in [-0.1, -0.05) is 17.7 Å². The maximum Gasteiger partial charge on any atom is 0.275 e. The lowest BCUT2D eigenvalue weighted by Crippen LogP contribution is -2.16.